The maximum atomic E-state index is 16.0. The molecule has 13 nitrogen and oxygen atoms in total. The van der Waals surface area contributed by atoms with Crippen molar-refractivity contribution < 1.29 is 41.3 Å². The van der Waals surface area contributed by atoms with Crippen LogP contribution in [0.1, 0.15) is 70.0 Å². The number of benzene rings is 4. The molecule has 0 amide bonds. The van der Waals surface area contributed by atoms with Crippen LogP contribution in [0.3, 0.4) is 0 Å². The van der Waals surface area contributed by atoms with E-state index in [0.717, 1.165) is 21.2 Å². The fraction of sp³-hybridized carbons (Fsp3) is 0.319. The number of fused-ring (bicyclic) bond motifs is 1. The number of halogens is 2. The average molecular weight is 881 g/mol. The van der Waals surface area contributed by atoms with Gasteiger partial charge in [0.25, 0.3) is 10.0 Å². The van der Waals surface area contributed by atoms with E-state index in [9.17, 15) is 18.3 Å². The Morgan fingerprint density at radius 2 is 1.73 bits per heavy atom. The van der Waals surface area contributed by atoms with E-state index in [4.69, 9.17) is 24.3 Å². The predicted molar refractivity (Wildman–Crippen MR) is 233 cm³/mol. The van der Waals surface area contributed by atoms with Crippen molar-refractivity contribution in [3.63, 3.8) is 0 Å². The van der Waals surface area contributed by atoms with Gasteiger partial charge in [0, 0.05) is 36.3 Å². The molecule has 0 fully saturated rings. The maximum absolute atomic E-state index is 16.0. The molecule has 3 aromatic heterocycles. The molecule has 0 aliphatic carbocycles. The van der Waals surface area contributed by atoms with Crippen molar-refractivity contribution >= 4 is 26.9 Å². The van der Waals surface area contributed by atoms with E-state index < -0.39 is 33.7 Å². The van der Waals surface area contributed by atoms with E-state index in [0.29, 0.717) is 44.2 Å². The highest BCUT2D eigenvalue weighted by Crippen LogP contribution is 2.41. The molecular weight excluding hydrogens is 831 g/mol. The number of nitrogens with zero attached hydrogens (tertiary/aromatic N) is 5. The molecule has 2 unspecified atom stereocenters. The topological polar surface area (TPSA) is 163 Å². The van der Waals surface area contributed by atoms with Crippen LogP contribution < -0.4 is 9.47 Å². The van der Waals surface area contributed by atoms with E-state index in [1.165, 1.54) is 47.3 Å². The second kappa shape index (κ2) is 18.1. The number of carbonyl (C=O) groups is 1. The summed E-state index contributed by atoms with van der Waals surface area (Å²) in [4.78, 5) is 17.5. The monoisotopic (exact) mass is 880 g/mol. The third-order valence-electron chi connectivity index (χ3n) is 11.3. The number of esters is 1. The lowest BCUT2D eigenvalue weighted by Crippen LogP contribution is -2.30. The molecule has 0 aliphatic rings. The van der Waals surface area contributed by atoms with E-state index in [1.54, 1.807) is 44.4 Å². The number of hydrogen-bond donors (Lipinski definition) is 2. The van der Waals surface area contributed by atoms with Crippen LogP contribution in [0.5, 0.6) is 17.4 Å². The molecule has 3 heterocycles. The van der Waals surface area contributed by atoms with Crippen molar-refractivity contribution in [3.8, 4) is 28.8 Å². The number of nitrogens with one attached hydrogen (secondary N) is 1. The molecule has 0 aliphatic heterocycles. The summed E-state index contributed by atoms with van der Waals surface area (Å²) in [7, 11) is -2.44. The first-order chi connectivity index (χ1) is 30.0. The minimum Gasteiger partial charge on any atom is -0.477 e. The summed E-state index contributed by atoms with van der Waals surface area (Å²) < 4.78 is 78.7. The number of aromatic amines is 1. The molecule has 7 aromatic rings. The Labute approximate surface area is 364 Å². The predicted octanol–water partition coefficient (Wildman–Crippen LogP) is 8.89. The molecule has 0 radical (unpaired) electrons. The lowest BCUT2D eigenvalue weighted by atomic mass is 9.73. The molecule has 0 saturated heterocycles. The Kier molecular flexibility index (Phi) is 12.9. The highest BCUT2D eigenvalue weighted by Gasteiger charge is 2.37. The summed E-state index contributed by atoms with van der Waals surface area (Å²) in [6.45, 7) is 9.85. The molecule has 4 aromatic carbocycles. The van der Waals surface area contributed by atoms with Crippen LogP contribution in [0.4, 0.5) is 8.78 Å². The fourth-order valence-corrected chi connectivity index (χ4v) is 8.93. The zero-order valence-corrected chi connectivity index (χ0v) is 36.7. The molecule has 0 spiro atoms. The largest absolute Gasteiger partial charge is 0.477 e. The summed E-state index contributed by atoms with van der Waals surface area (Å²) in [5.74, 6) is -1.39. The third-order valence-corrected chi connectivity index (χ3v) is 13.0. The van der Waals surface area contributed by atoms with Crippen molar-refractivity contribution in [3.05, 3.63) is 138 Å². The van der Waals surface area contributed by atoms with E-state index in [1.807, 2.05) is 38.1 Å². The highest BCUT2D eigenvalue weighted by atomic mass is 32.2. The first-order valence-electron chi connectivity index (χ1n) is 20.6. The van der Waals surface area contributed by atoms with Crippen LogP contribution in [0.15, 0.2) is 108 Å². The summed E-state index contributed by atoms with van der Waals surface area (Å²) in [5.41, 5.74) is 0.713. The Morgan fingerprint density at radius 3 is 2.44 bits per heavy atom. The van der Waals surface area contributed by atoms with E-state index in [-0.39, 0.29) is 61.6 Å². The Morgan fingerprint density at radius 1 is 0.952 bits per heavy atom. The van der Waals surface area contributed by atoms with Gasteiger partial charge in [0.2, 0.25) is 5.88 Å². The normalized spacial score (nSPS) is 13.5. The average Bonchev–Trinajstić information content (AvgIpc) is 4.05. The van der Waals surface area contributed by atoms with Gasteiger partial charge in [0.05, 0.1) is 53.3 Å². The van der Waals surface area contributed by atoms with Crippen molar-refractivity contribution in [2.75, 3.05) is 13.2 Å². The molecule has 0 saturated carbocycles. The number of ether oxygens (including phenoxy) is 3. The second-order valence-electron chi connectivity index (χ2n) is 16.6. The number of carbonyl (C=O) groups excluding carboxylic acids is 1. The molecular formula is C47H50F2N6O7S. The first kappa shape index (κ1) is 44.7. The number of aliphatic hydroxyl groups excluding tert-OH is 1. The van der Waals surface area contributed by atoms with Gasteiger partial charge in [-0.25, -0.2) is 35.9 Å². The summed E-state index contributed by atoms with van der Waals surface area (Å²) >= 11 is 0. The van der Waals surface area contributed by atoms with E-state index >= 15 is 8.78 Å². The van der Waals surface area contributed by atoms with E-state index in [2.05, 4.69) is 24.0 Å². The van der Waals surface area contributed by atoms with Crippen LogP contribution in [0.25, 0.3) is 22.3 Å². The molecule has 7 rings (SSSR count). The van der Waals surface area contributed by atoms with Gasteiger partial charge in [0.15, 0.2) is 23.2 Å². The van der Waals surface area contributed by atoms with Crippen LogP contribution in [-0.2, 0) is 45.0 Å². The third kappa shape index (κ3) is 9.37. The SMILES string of the molecule is CCOC(=O)C(C)Cc1cccc(C(C)(CCC(C)(C)COc2ccn[nH]2)c2nc(-c3cc(Oc4c(F)cc5c(ccn5S(=O)(=O)c5ccccc5)c4CO)ccc3F)n(C)n2)c1. The standard InChI is InChI=1S/C47H50F2N6O7S/c1-7-60-44(57)30(2)24-31-12-11-13-32(25-31)47(5,21-20-46(3,4)29-61-41-18-22-50-52-41)45-51-43(54(6)53-45)36-26-33(16-17-38(36)48)62-42-37(28-56)35-19-23-55(40(35)27-39(42)49)63(58,59)34-14-9-8-10-15-34/h8-19,22-23,25-27,30,56H,7,20-21,24,28-29H2,1-6H3,(H,50,52). The summed E-state index contributed by atoms with van der Waals surface area (Å²) in [5, 5.41) is 22.4. The molecule has 63 heavy (non-hydrogen) atoms. The van der Waals surface area contributed by atoms with Crippen molar-refractivity contribution in [2.45, 2.75) is 70.8 Å². The molecule has 16 heteroatoms. The minimum absolute atomic E-state index is 0.00589. The van der Waals surface area contributed by atoms with Crippen molar-refractivity contribution in [2.24, 2.45) is 18.4 Å². The Bertz CT molecular complexity index is 2840. The Balaban J connectivity index is 1.23. The molecule has 2 atom stereocenters. The van der Waals surface area contributed by atoms with Crippen LogP contribution in [-0.4, -0.2) is 61.6 Å². The molecule has 0 bridgehead atoms. The van der Waals surface area contributed by atoms with Crippen LogP contribution in [0, 0.1) is 23.0 Å². The maximum Gasteiger partial charge on any atom is 0.308 e. The minimum atomic E-state index is -4.10. The van der Waals surface area contributed by atoms with Gasteiger partial charge in [0.1, 0.15) is 11.6 Å². The summed E-state index contributed by atoms with van der Waals surface area (Å²) in [6.07, 6.45) is 4.59. The lowest BCUT2D eigenvalue weighted by molar-refractivity contribution is -0.147. The number of aliphatic hydroxyl groups is 1. The van der Waals surface area contributed by atoms with Crippen molar-refractivity contribution in [1.82, 2.24) is 28.9 Å². The van der Waals surface area contributed by atoms with Gasteiger partial charge in [-0.3, -0.25) is 4.79 Å². The quantitative estimate of drug-likeness (QED) is 0.0796. The highest BCUT2D eigenvalue weighted by molar-refractivity contribution is 7.90. The zero-order valence-electron chi connectivity index (χ0n) is 35.9. The summed E-state index contributed by atoms with van der Waals surface area (Å²) in [6, 6.07) is 23.8. The van der Waals surface area contributed by atoms with Crippen molar-refractivity contribution in [1.29, 1.82) is 0 Å². The second-order valence-corrected chi connectivity index (χ2v) is 18.4. The molecule has 2 N–H and O–H groups in total. The van der Waals surface area contributed by atoms with Gasteiger partial charge in [-0.15, -0.1) is 0 Å². The lowest BCUT2D eigenvalue weighted by Gasteiger charge is -2.32. The van der Waals surface area contributed by atoms with Gasteiger partial charge in [-0.1, -0.05) is 63.2 Å². The van der Waals surface area contributed by atoms with Gasteiger partial charge in [-0.05, 0) is 86.1 Å². The Hall–Kier alpha value is -6.39. The van der Waals surface area contributed by atoms with Crippen LogP contribution in [0.2, 0.25) is 0 Å². The number of rotatable bonds is 18. The van der Waals surface area contributed by atoms with Gasteiger partial charge in [-0.2, -0.15) is 10.2 Å². The number of aromatic nitrogens is 6. The molecule has 330 valence electrons. The number of H-pyrrole nitrogens is 1. The number of aryl methyl sites for hydroxylation is 1. The smallest absolute Gasteiger partial charge is 0.308 e. The number of hydrogen-bond acceptors (Lipinski definition) is 10. The first-order valence-corrected chi connectivity index (χ1v) is 22.0. The van der Waals surface area contributed by atoms with Crippen LogP contribution >= 0.6 is 0 Å². The fourth-order valence-electron chi connectivity index (χ4n) is 7.57. The van der Waals surface area contributed by atoms with Gasteiger partial charge < -0.3 is 19.3 Å². The zero-order chi connectivity index (χ0) is 45.1. The van der Waals surface area contributed by atoms with Gasteiger partial charge >= 0.3 is 5.97 Å².